The molecule has 2 heterocycles. The van der Waals surface area contributed by atoms with Crippen LogP contribution >= 0.6 is 11.3 Å². The van der Waals surface area contributed by atoms with E-state index in [4.69, 9.17) is 0 Å². The molecule has 9 aromatic rings. The van der Waals surface area contributed by atoms with Crippen LogP contribution in [0.1, 0.15) is 12.8 Å². The van der Waals surface area contributed by atoms with Gasteiger partial charge >= 0.3 is 0 Å². The molecule has 0 saturated heterocycles. The van der Waals surface area contributed by atoms with Crippen molar-refractivity contribution in [1.82, 2.24) is 4.57 Å². The molecule has 0 amide bonds. The highest BCUT2D eigenvalue weighted by molar-refractivity contribution is 7.25. The lowest BCUT2D eigenvalue weighted by Crippen LogP contribution is -2.18. The molecular formula is C46H32N2S. The fraction of sp³-hybridized carbons (Fsp3) is 0.0435. The van der Waals surface area contributed by atoms with E-state index in [9.17, 15) is 0 Å². The number of anilines is 2. The highest BCUT2D eigenvalue weighted by Gasteiger charge is 2.21. The van der Waals surface area contributed by atoms with Crippen molar-refractivity contribution in [2.45, 2.75) is 12.8 Å². The Morgan fingerprint density at radius 3 is 2.16 bits per heavy atom. The number of rotatable bonds is 5. The fourth-order valence-electron chi connectivity index (χ4n) is 7.72. The van der Waals surface area contributed by atoms with E-state index < -0.39 is 0 Å². The Bertz CT molecular complexity index is 2780. The molecule has 1 aliphatic rings. The molecule has 10 rings (SSSR count). The van der Waals surface area contributed by atoms with E-state index >= 15 is 0 Å². The summed E-state index contributed by atoms with van der Waals surface area (Å²) >= 11 is 1.89. The maximum atomic E-state index is 2.49. The summed E-state index contributed by atoms with van der Waals surface area (Å²) in [5, 5.41) is 7.79. The number of benzene rings is 7. The highest BCUT2D eigenvalue weighted by atomic mass is 32.1. The summed E-state index contributed by atoms with van der Waals surface area (Å²) in [6.07, 6.45) is 6.75. The second-order valence-corrected chi connectivity index (χ2v) is 14.0. The molecule has 0 atom stereocenters. The van der Waals surface area contributed by atoms with Crippen molar-refractivity contribution in [3.05, 3.63) is 176 Å². The molecule has 3 heteroatoms. The van der Waals surface area contributed by atoms with Crippen molar-refractivity contribution in [2.75, 3.05) is 4.90 Å². The average Bonchev–Trinajstić information content (AvgIpc) is 3.69. The van der Waals surface area contributed by atoms with Gasteiger partial charge < -0.3 is 9.47 Å². The normalized spacial score (nSPS) is 13.4. The minimum absolute atomic E-state index is 0.955. The van der Waals surface area contributed by atoms with Crippen LogP contribution in [-0.4, -0.2) is 4.57 Å². The number of allylic oxidation sites excluding steroid dienone is 4. The first-order valence-corrected chi connectivity index (χ1v) is 17.8. The Kier molecular flexibility index (Phi) is 6.53. The third-order valence-electron chi connectivity index (χ3n) is 9.99. The smallest absolute Gasteiger partial charge is 0.0555 e. The van der Waals surface area contributed by atoms with Gasteiger partial charge in [-0.3, -0.25) is 0 Å². The first-order valence-electron chi connectivity index (χ1n) is 17.0. The summed E-state index contributed by atoms with van der Waals surface area (Å²) in [7, 11) is 0. The van der Waals surface area contributed by atoms with E-state index in [-0.39, 0.29) is 0 Å². The first kappa shape index (κ1) is 28.1. The van der Waals surface area contributed by atoms with Gasteiger partial charge in [0.25, 0.3) is 0 Å². The Hall–Kier alpha value is -5.90. The molecule has 2 nitrogen and oxygen atoms in total. The number of hydrogen-bond donors (Lipinski definition) is 0. The van der Waals surface area contributed by atoms with Gasteiger partial charge in [0.05, 0.1) is 11.0 Å². The van der Waals surface area contributed by atoms with Gasteiger partial charge in [0.2, 0.25) is 0 Å². The van der Waals surface area contributed by atoms with Gasteiger partial charge in [0.15, 0.2) is 0 Å². The second-order valence-electron chi connectivity index (χ2n) is 12.9. The first-order chi connectivity index (χ1) is 24.3. The van der Waals surface area contributed by atoms with Gasteiger partial charge in [0.1, 0.15) is 0 Å². The van der Waals surface area contributed by atoms with Gasteiger partial charge in [-0.05, 0) is 95.4 Å². The molecule has 0 spiro atoms. The predicted molar refractivity (Wildman–Crippen MR) is 212 cm³/mol. The Morgan fingerprint density at radius 1 is 0.490 bits per heavy atom. The van der Waals surface area contributed by atoms with Crippen LogP contribution in [-0.2, 0) is 0 Å². The lowest BCUT2D eigenvalue weighted by Gasteiger charge is -2.30. The van der Waals surface area contributed by atoms with E-state index in [0.29, 0.717) is 0 Å². The molecule has 0 aliphatic heterocycles. The van der Waals surface area contributed by atoms with E-state index in [1.54, 1.807) is 0 Å². The van der Waals surface area contributed by atoms with Crippen molar-refractivity contribution in [1.29, 1.82) is 0 Å². The van der Waals surface area contributed by atoms with Crippen LogP contribution in [0.4, 0.5) is 11.4 Å². The van der Waals surface area contributed by atoms with Gasteiger partial charge in [0, 0.05) is 53.7 Å². The van der Waals surface area contributed by atoms with Crippen molar-refractivity contribution < 1.29 is 0 Å². The van der Waals surface area contributed by atoms with Crippen LogP contribution in [0.2, 0.25) is 0 Å². The third-order valence-corrected chi connectivity index (χ3v) is 11.1. The van der Waals surface area contributed by atoms with Crippen LogP contribution in [0.3, 0.4) is 0 Å². The molecule has 2 aromatic heterocycles. The highest BCUT2D eigenvalue weighted by Crippen LogP contribution is 2.42. The standard InChI is InChI=1S/C46H32N2S/c1-2-15-35(16-3-1)47(36-17-10-14-33(27-36)34-25-24-31-12-4-5-13-32(31)26-34)37-18-11-19-38(28-37)48-43-22-8-6-20-39(43)41-29-42-40-21-7-9-23-45(40)49-46(42)30-44(41)48/h1-10,12-17,19-30H,11,18H2. The Balaban J connectivity index is 1.13. The summed E-state index contributed by atoms with van der Waals surface area (Å²) in [5.41, 5.74) is 9.78. The molecular weight excluding hydrogens is 613 g/mol. The summed E-state index contributed by atoms with van der Waals surface area (Å²) in [6, 6.07) is 57.7. The number of hydrogen-bond acceptors (Lipinski definition) is 2. The van der Waals surface area contributed by atoms with Crippen molar-refractivity contribution in [3.63, 3.8) is 0 Å². The Morgan fingerprint density at radius 2 is 1.24 bits per heavy atom. The minimum Gasteiger partial charge on any atom is -0.314 e. The number of fused-ring (bicyclic) bond motifs is 7. The zero-order valence-electron chi connectivity index (χ0n) is 26.9. The lowest BCUT2D eigenvalue weighted by atomic mass is 10.00. The van der Waals surface area contributed by atoms with Crippen molar-refractivity contribution in [2.24, 2.45) is 0 Å². The van der Waals surface area contributed by atoms with Gasteiger partial charge in [-0.15, -0.1) is 11.3 Å². The van der Waals surface area contributed by atoms with Crippen molar-refractivity contribution in [3.8, 4) is 11.1 Å². The van der Waals surface area contributed by atoms with Gasteiger partial charge in [-0.25, -0.2) is 0 Å². The van der Waals surface area contributed by atoms with E-state index in [1.165, 1.54) is 86.6 Å². The molecule has 0 radical (unpaired) electrons. The average molecular weight is 645 g/mol. The van der Waals surface area contributed by atoms with E-state index in [2.05, 4.69) is 179 Å². The molecule has 49 heavy (non-hydrogen) atoms. The minimum atomic E-state index is 0.955. The molecule has 0 fully saturated rings. The topological polar surface area (TPSA) is 8.17 Å². The Labute approximate surface area is 289 Å². The number of nitrogens with zero attached hydrogens (tertiary/aromatic N) is 2. The molecule has 1 aliphatic carbocycles. The van der Waals surface area contributed by atoms with E-state index in [0.717, 1.165) is 12.8 Å². The summed E-state index contributed by atoms with van der Waals surface area (Å²) < 4.78 is 5.15. The van der Waals surface area contributed by atoms with Crippen LogP contribution in [0.25, 0.3) is 69.6 Å². The summed E-state index contributed by atoms with van der Waals surface area (Å²) in [4.78, 5) is 2.45. The molecule has 0 unspecified atom stereocenters. The molecule has 232 valence electrons. The van der Waals surface area contributed by atoms with Gasteiger partial charge in [-0.1, -0.05) is 109 Å². The van der Waals surface area contributed by atoms with Crippen LogP contribution in [0.5, 0.6) is 0 Å². The number of para-hydroxylation sites is 2. The maximum absolute atomic E-state index is 2.49. The molecule has 7 aromatic carbocycles. The number of thiophene rings is 1. The van der Waals surface area contributed by atoms with Crippen LogP contribution in [0.15, 0.2) is 176 Å². The van der Waals surface area contributed by atoms with E-state index in [1.807, 2.05) is 11.3 Å². The van der Waals surface area contributed by atoms with Crippen molar-refractivity contribution >= 4 is 81.2 Å². The quantitative estimate of drug-likeness (QED) is 0.181. The summed E-state index contributed by atoms with van der Waals surface area (Å²) in [6.45, 7) is 0. The largest absolute Gasteiger partial charge is 0.314 e. The van der Waals surface area contributed by atoms with Gasteiger partial charge in [-0.2, -0.15) is 0 Å². The third kappa shape index (κ3) is 4.69. The second kappa shape index (κ2) is 11.4. The SMILES string of the molecule is C1=C(N(c2ccccc2)c2cccc(-c3ccc4ccccc4c3)c2)CCC=C1n1c2ccccc2c2cc3c(cc21)sc1ccccc13. The predicted octanol–water partition coefficient (Wildman–Crippen LogP) is 13.3. The maximum Gasteiger partial charge on any atom is 0.0555 e. The number of aromatic nitrogens is 1. The molecule has 0 saturated carbocycles. The van der Waals surface area contributed by atoms with Crippen LogP contribution < -0.4 is 4.90 Å². The molecule has 0 N–H and O–H groups in total. The fourth-order valence-corrected chi connectivity index (χ4v) is 8.84. The molecule has 0 bridgehead atoms. The monoisotopic (exact) mass is 644 g/mol. The zero-order valence-corrected chi connectivity index (χ0v) is 27.7. The zero-order chi connectivity index (χ0) is 32.3. The lowest BCUT2D eigenvalue weighted by molar-refractivity contribution is 0.911. The van der Waals surface area contributed by atoms with Crippen LogP contribution in [0, 0.1) is 0 Å². The summed E-state index contributed by atoms with van der Waals surface area (Å²) in [5.74, 6) is 0.